The van der Waals surface area contributed by atoms with Gasteiger partial charge in [-0.05, 0) is 12.1 Å². The number of nitrogens with zero attached hydrogens (tertiary/aromatic N) is 2. The van der Waals surface area contributed by atoms with Crippen molar-refractivity contribution >= 4 is 11.8 Å². The third kappa shape index (κ3) is 3.80. The van der Waals surface area contributed by atoms with Crippen molar-refractivity contribution in [3.05, 3.63) is 24.4 Å². The molecule has 1 heterocycles. The van der Waals surface area contributed by atoms with Crippen LogP contribution in [0.25, 0.3) is 0 Å². The minimum atomic E-state index is -4.46. The molecule has 0 aliphatic rings. The molecule has 0 fully saturated rings. The van der Waals surface area contributed by atoms with Crippen LogP contribution in [-0.2, 0) is 0 Å². The highest BCUT2D eigenvalue weighted by molar-refractivity contribution is 7.99. The van der Waals surface area contributed by atoms with E-state index in [1.54, 1.807) is 18.2 Å². The Labute approximate surface area is 89.1 Å². The van der Waals surface area contributed by atoms with Gasteiger partial charge in [0.1, 0.15) is 0 Å². The van der Waals surface area contributed by atoms with Gasteiger partial charge in [0.25, 0.3) is 0 Å². The summed E-state index contributed by atoms with van der Waals surface area (Å²) in [6.07, 6.45) is -2.96. The molecule has 0 saturated carbocycles. The number of hydrogen-bond acceptors (Lipinski definition) is 3. The van der Waals surface area contributed by atoms with E-state index in [2.05, 4.69) is 4.98 Å². The number of hydrogen-bond donors (Lipinski definition) is 0. The van der Waals surface area contributed by atoms with Gasteiger partial charge in [0.2, 0.25) is 0 Å². The van der Waals surface area contributed by atoms with E-state index < -0.39 is 12.1 Å². The van der Waals surface area contributed by atoms with Crippen molar-refractivity contribution < 1.29 is 13.2 Å². The van der Waals surface area contributed by atoms with Gasteiger partial charge in [-0.25, -0.2) is 4.98 Å². The molecule has 1 aromatic rings. The molecule has 0 aliphatic carbocycles. The zero-order valence-corrected chi connectivity index (χ0v) is 8.35. The summed E-state index contributed by atoms with van der Waals surface area (Å²) in [5.74, 6) is -2.26. The van der Waals surface area contributed by atoms with Crippen molar-refractivity contribution in [2.75, 3.05) is 5.75 Å². The summed E-state index contributed by atoms with van der Waals surface area (Å²) < 4.78 is 36.5. The molecule has 1 unspecified atom stereocenters. The molecule has 15 heavy (non-hydrogen) atoms. The van der Waals surface area contributed by atoms with Gasteiger partial charge in [-0.2, -0.15) is 18.4 Å². The van der Waals surface area contributed by atoms with Gasteiger partial charge in [-0.1, -0.05) is 6.07 Å². The lowest BCUT2D eigenvalue weighted by molar-refractivity contribution is -0.152. The molecule has 2 nitrogen and oxygen atoms in total. The van der Waals surface area contributed by atoms with Crippen molar-refractivity contribution in [1.29, 1.82) is 5.26 Å². The number of nitriles is 1. The zero-order valence-electron chi connectivity index (χ0n) is 7.53. The van der Waals surface area contributed by atoms with Crippen LogP contribution in [0.15, 0.2) is 29.4 Å². The fraction of sp³-hybridized carbons (Fsp3) is 0.333. The maximum Gasteiger partial charge on any atom is 0.405 e. The molecule has 0 amide bonds. The minimum absolute atomic E-state index is 0.322. The van der Waals surface area contributed by atoms with Crippen molar-refractivity contribution in [2.24, 2.45) is 5.92 Å². The number of rotatable bonds is 3. The van der Waals surface area contributed by atoms with Crippen LogP contribution < -0.4 is 0 Å². The summed E-state index contributed by atoms with van der Waals surface area (Å²) in [4.78, 5) is 3.85. The monoisotopic (exact) mass is 232 g/mol. The van der Waals surface area contributed by atoms with Crippen LogP contribution in [0.1, 0.15) is 0 Å². The second kappa shape index (κ2) is 5.03. The first-order valence-corrected chi connectivity index (χ1v) is 5.03. The number of pyridine rings is 1. The topological polar surface area (TPSA) is 36.7 Å². The summed E-state index contributed by atoms with van der Waals surface area (Å²) in [6.45, 7) is 0. The molecule has 0 spiro atoms. The van der Waals surface area contributed by atoms with Gasteiger partial charge < -0.3 is 0 Å². The fourth-order valence-electron chi connectivity index (χ4n) is 0.806. The second-order valence-electron chi connectivity index (χ2n) is 2.70. The maximum atomic E-state index is 12.2. The Morgan fingerprint density at radius 1 is 1.47 bits per heavy atom. The van der Waals surface area contributed by atoms with Gasteiger partial charge >= 0.3 is 6.18 Å². The van der Waals surface area contributed by atoms with Crippen LogP contribution in [0, 0.1) is 17.2 Å². The summed E-state index contributed by atoms with van der Waals surface area (Å²) in [7, 11) is 0. The second-order valence-corrected chi connectivity index (χ2v) is 3.74. The summed E-state index contributed by atoms with van der Waals surface area (Å²) >= 11 is 0.926. The molecular formula is C9H7F3N2S. The predicted octanol–water partition coefficient (Wildman–Crippen LogP) is 2.88. The van der Waals surface area contributed by atoms with E-state index in [0.717, 1.165) is 11.8 Å². The lowest BCUT2D eigenvalue weighted by Crippen LogP contribution is -2.23. The zero-order chi connectivity index (χ0) is 11.3. The highest BCUT2D eigenvalue weighted by atomic mass is 32.2. The molecule has 0 bridgehead atoms. The molecule has 0 radical (unpaired) electrons. The van der Waals surface area contributed by atoms with E-state index in [4.69, 9.17) is 5.26 Å². The normalized spacial score (nSPS) is 13.2. The molecule has 0 N–H and O–H groups in total. The molecule has 0 aliphatic heterocycles. The summed E-state index contributed by atoms with van der Waals surface area (Å²) in [5.41, 5.74) is 0. The lowest BCUT2D eigenvalue weighted by Gasteiger charge is -2.11. The van der Waals surface area contributed by atoms with Crippen molar-refractivity contribution in [1.82, 2.24) is 4.98 Å². The first-order chi connectivity index (χ1) is 7.04. The Balaban J connectivity index is 2.54. The van der Waals surface area contributed by atoms with Crippen LogP contribution in [0.3, 0.4) is 0 Å². The van der Waals surface area contributed by atoms with E-state index in [1.807, 2.05) is 0 Å². The third-order valence-corrected chi connectivity index (χ3v) is 2.62. The molecule has 0 aromatic carbocycles. The molecule has 80 valence electrons. The molecule has 6 heteroatoms. The van der Waals surface area contributed by atoms with Gasteiger partial charge in [0.15, 0.2) is 5.92 Å². The first-order valence-electron chi connectivity index (χ1n) is 4.04. The highest BCUT2D eigenvalue weighted by Gasteiger charge is 2.39. The number of thioether (sulfide) groups is 1. The Morgan fingerprint density at radius 3 is 2.67 bits per heavy atom. The maximum absolute atomic E-state index is 12.2. The quantitative estimate of drug-likeness (QED) is 0.752. The van der Waals surface area contributed by atoms with Crippen LogP contribution in [0.4, 0.5) is 13.2 Å². The van der Waals surface area contributed by atoms with Crippen LogP contribution >= 0.6 is 11.8 Å². The molecule has 0 saturated heterocycles. The Bertz CT molecular complexity index is 345. The number of alkyl halides is 3. The van der Waals surface area contributed by atoms with Crippen molar-refractivity contribution in [3.63, 3.8) is 0 Å². The minimum Gasteiger partial charge on any atom is -0.250 e. The first kappa shape index (κ1) is 11.9. The molecule has 1 atom stereocenters. The molecular weight excluding hydrogens is 225 g/mol. The average molecular weight is 232 g/mol. The van der Waals surface area contributed by atoms with Crippen LogP contribution in [0.5, 0.6) is 0 Å². The third-order valence-electron chi connectivity index (χ3n) is 1.59. The Hall–Kier alpha value is -1.22. The molecule has 1 aromatic heterocycles. The highest BCUT2D eigenvalue weighted by Crippen LogP contribution is 2.30. The smallest absolute Gasteiger partial charge is 0.250 e. The van der Waals surface area contributed by atoms with E-state index in [9.17, 15) is 13.2 Å². The largest absolute Gasteiger partial charge is 0.405 e. The van der Waals surface area contributed by atoms with Crippen LogP contribution in [0.2, 0.25) is 0 Å². The van der Waals surface area contributed by atoms with E-state index >= 15 is 0 Å². The van der Waals surface area contributed by atoms with E-state index in [1.165, 1.54) is 12.3 Å². The van der Waals surface area contributed by atoms with Gasteiger partial charge in [0.05, 0.1) is 11.1 Å². The van der Waals surface area contributed by atoms with Crippen molar-refractivity contribution in [2.45, 2.75) is 11.2 Å². The number of halogens is 3. The lowest BCUT2D eigenvalue weighted by atomic mass is 10.2. The standard InChI is InChI=1S/C9H7F3N2S/c10-9(11,12)7(5-13)6-15-8-3-1-2-4-14-8/h1-4,7H,6H2. The van der Waals surface area contributed by atoms with E-state index in [0.29, 0.717) is 5.03 Å². The van der Waals surface area contributed by atoms with Crippen molar-refractivity contribution in [3.8, 4) is 6.07 Å². The summed E-state index contributed by atoms with van der Waals surface area (Å²) in [5, 5.41) is 8.82. The van der Waals surface area contributed by atoms with Gasteiger partial charge in [-0.3, -0.25) is 0 Å². The average Bonchev–Trinajstić information content (AvgIpc) is 2.18. The predicted molar refractivity (Wildman–Crippen MR) is 50.1 cm³/mol. The van der Waals surface area contributed by atoms with Gasteiger partial charge in [0, 0.05) is 11.9 Å². The fourth-order valence-corrected chi connectivity index (χ4v) is 1.72. The Kier molecular flexibility index (Phi) is 3.97. The summed E-state index contributed by atoms with van der Waals surface area (Å²) in [6, 6.07) is 6.21. The SMILES string of the molecule is N#CC(CSc1ccccn1)C(F)(F)F. The van der Waals surface area contributed by atoms with Gasteiger partial charge in [-0.15, -0.1) is 11.8 Å². The van der Waals surface area contributed by atoms with Crippen LogP contribution in [-0.4, -0.2) is 16.9 Å². The van der Waals surface area contributed by atoms with E-state index in [-0.39, 0.29) is 5.75 Å². The molecule has 1 rings (SSSR count). The Morgan fingerprint density at radius 2 is 2.20 bits per heavy atom. The number of aromatic nitrogens is 1.